The molecule has 0 aliphatic rings. The van der Waals surface area contributed by atoms with E-state index >= 15 is 0 Å². The maximum atomic E-state index is 12.4. The van der Waals surface area contributed by atoms with E-state index < -0.39 is 0 Å². The third kappa shape index (κ3) is 2.75. The maximum Gasteiger partial charge on any atom is 0.259 e. The molecule has 0 radical (unpaired) electrons. The standard InChI is InChI=1S/C16H13NO2/c1-2-12-17(14-10-6-7-11-15(14)18)16(19)13-8-4-3-5-9-13/h1,3-11,18H,12H2. The van der Waals surface area contributed by atoms with E-state index in [-0.39, 0.29) is 18.2 Å². The van der Waals surface area contributed by atoms with Crippen LogP contribution in [0.25, 0.3) is 0 Å². The lowest BCUT2D eigenvalue weighted by molar-refractivity contribution is 0.0989. The first-order valence-corrected chi connectivity index (χ1v) is 5.82. The van der Waals surface area contributed by atoms with Gasteiger partial charge in [-0.3, -0.25) is 9.69 Å². The summed E-state index contributed by atoms with van der Waals surface area (Å²) in [4.78, 5) is 13.8. The van der Waals surface area contributed by atoms with Crippen LogP contribution in [0, 0.1) is 12.3 Å². The zero-order chi connectivity index (χ0) is 13.7. The molecular formula is C16H13NO2. The average Bonchev–Trinajstić information content (AvgIpc) is 2.46. The fourth-order valence-corrected chi connectivity index (χ4v) is 1.79. The van der Waals surface area contributed by atoms with Gasteiger partial charge in [-0.25, -0.2) is 0 Å². The highest BCUT2D eigenvalue weighted by atomic mass is 16.3. The average molecular weight is 251 g/mol. The van der Waals surface area contributed by atoms with E-state index in [1.807, 2.05) is 6.07 Å². The highest BCUT2D eigenvalue weighted by Gasteiger charge is 2.18. The van der Waals surface area contributed by atoms with E-state index in [4.69, 9.17) is 6.42 Å². The number of carbonyl (C=O) groups is 1. The Labute approximate surface area is 112 Å². The second kappa shape index (κ2) is 5.74. The lowest BCUT2D eigenvalue weighted by Gasteiger charge is -2.21. The Morgan fingerprint density at radius 3 is 2.37 bits per heavy atom. The Morgan fingerprint density at radius 2 is 1.74 bits per heavy atom. The third-order valence-electron chi connectivity index (χ3n) is 2.69. The lowest BCUT2D eigenvalue weighted by atomic mass is 10.1. The van der Waals surface area contributed by atoms with Crippen molar-refractivity contribution in [3.05, 3.63) is 60.2 Å². The van der Waals surface area contributed by atoms with Gasteiger partial charge in [-0.1, -0.05) is 36.3 Å². The molecule has 2 aromatic rings. The second-order valence-corrected chi connectivity index (χ2v) is 3.95. The summed E-state index contributed by atoms with van der Waals surface area (Å²) in [6, 6.07) is 15.5. The fourth-order valence-electron chi connectivity index (χ4n) is 1.79. The van der Waals surface area contributed by atoms with Crippen LogP contribution in [0.3, 0.4) is 0 Å². The molecule has 0 heterocycles. The Morgan fingerprint density at radius 1 is 1.11 bits per heavy atom. The summed E-state index contributed by atoms with van der Waals surface area (Å²) in [5.41, 5.74) is 0.940. The number of nitrogens with zero attached hydrogens (tertiary/aromatic N) is 1. The molecule has 2 aromatic carbocycles. The molecule has 0 saturated carbocycles. The van der Waals surface area contributed by atoms with Crippen LogP contribution in [0.4, 0.5) is 5.69 Å². The Hall–Kier alpha value is -2.73. The van der Waals surface area contributed by atoms with Crippen molar-refractivity contribution in [1.29, 1.82) is 0 Å². The summed E-state index contributed by atoms with van der Waals surface area (Å²) in [5, 5.41) is 9.84. The molecule has 0 bridgehead atoms. The Balaban J connectivity index is 2.40. The van der Waals surface area contributed by atoms with Gasteiger partial charge in [0.15, 0.2) is 0 Å². The summed E-state index contributed by atoms with van der Waals surface area (Å²) in [5.74, 6) is 2.23. The first kappa shape index (κ1) is 12.7. The molecule has 19 heavy (non-hydrogen) atoms. The minimum atomic E-state index is -0.236. The predicted octanol–water partition coefficient (Wildman–Crippen LogP) is 2.67. The van der Waals surface area contributed by atoms with Gasteiger partial charge in [0.25, 0.3) is 5.91 Å². The van der Waals surface area contributed by atoms with Crippen LogP contribution in [0.5, 0.6) is 5.75 Å². The van der Waals surface area contributed by atoms with E-state index in [1.165, 1.54) is 11.0 Å². The molecule has 0 aliphatic carbocycles. The van der Waals surface area contributed by atoms with Crippen molar-refractivity contribution >= 4 is 11.6 Å². The van der Waals surface area contributed by atoms with Gasteiger partial charge in [0.2, 0.25) is 0 Å². The summed E-state index contributed by atoms with van der Waals surface area (Å²) < 4.78 is 0. The molecule has 3 nitrogen and oxygen atoms in total. The smallest absolute Gasteiger partial charge is 0.259 e. The minimum Gasteiger partial charge on any atom is -0.506 e. The van der Waals surface area contributed by atoms with Gasteiger partial charge in [0.05, 0.1) is 12.2 Å². The summed E-state index contributed by atoms with van der Waals surface area (Å²) in [6.45, 7) is 0.102. The highest BCUT2D eigenvalue weighted by molar-refractivity contribution is 6.07. The van der Waals surface area contributed by atoms with Gasteiger partial charge < -0.3 is 5.11 Å². The SMILES string of the molecule is C#CCN(C(=O)c1ccccc1)c1ccccc1O. The topological polar surface area (TPSA) is 40.5 Å². The van der Waals surface area contributed by atoms with Gasteiger partial charge in [0.1, 0.15) is 5.75 Å². The first-order chi connectivity index (χ1) is 9.24. The number of hydrogen-bond donors (Lipinski definition) is 1. The number of rotatable bonds is 3. The molecule has 94 valence electrons. The van der Waals surface area contributed by atoms with Gasteiger partial charge >= 0.3 is 0 Å². The zero-order valence-electron chi connectivity index (χ0n) is 10.3. The van der Waals surface area contributed by atoms with E-state index in [2.05, 4.69) is 5.92 Å². The molecule has 0 saturated heterocycles. The second-order valence-electron chi connectivity index (χ2n) is 3.95. The van der Waals surface area contributed by atoms with Crippen LogP contribution in [0.1, 0.15) is 10.4 Å². The van der Waals surface area contributed by atoms with Gasteiger partial charge in [-0.15, -0.1) is 6.42 Å². The largest absolute Gasteiger partial charge is 0.506 e. The zero-order valence-corrected chi connectivity index (χ0v) is 10.3. The quantitative estimate of drug-likeness (QED) is 0.852. The number of phenolic OH excluding ortho intramolecular Hbond substituents is 1. The van der Waals surface area contributed by atoms with Crippen LogP contribution in [-0.4, -0.2) is 17.6 Å². The monoisotopic (exact) mass is 251 g/mol. The van der Waals surface area contributed by atoms with Gasteiger partial charge in [0, 0.05) is 5.56 Å². The number of hydrogen-bond acceptors (Lipinski definition) is 2. The van der Waals surface area contributed by atoms with Crippen LogP contribution in [0.15, 0.2) is 54.6 Å². The summed E-state index contributed by atoms with van der Waals surface area (Å²) >= 11 is 0. The maximum absolute atomic E-state index is 12.4. The Kier molecular flexibility index (Phi) is 3.84. The van der Waals surface area contributed by atoms with Crippen LogP contribution in [-0.2, 0) is 0 Å². The van der Waals surface area contributed by atoms with Gasteiger partial charge in [-0.2, -0.15) is 0 Å². The molecule has 0 atom stereocenters. The molecule has 2 rings (SSSR count). The Bertz CT molecular complexity index is 614. The molecule has 0 fully saturated rings. The van der Waals surface area contributed by atoms with Crippen LogP contribution >= 0.6 is 0 Å². The normalized spacial score (nSPS) is 9.63. The molecule has 1 N–H and O–H groups in total. The molecule has 0 aromatic heterocycles. The predicted molar refractivity (Wildman–Crippen MR) is 75.1 cm³/mol. The first-order valence-electron chi connectivity index (χ1n) is 5.82. The van der Waals surface area contributed by atoms with E-state index in [0.717, 1.165) is 0 Å². The van der Waals surface area contributed by atoms with E-state index in [0.29, 0.717) is 11.3 Å². The molecule has 0 spiro atoms. The van der Waals surface area contributed by atoms with Crippen molar-refractivity contribution in [2.45, 2.75) is 0 Å². The van der Waals surface area contributed by atoms with Crippen molar-refractivity contribution < 1.29 is 9.90 Å². The number of carbonyl (C=O) groups excluding carboxylic acids is 1. The van der Waals surface area contributed by atoms with Crippen LogP contribution in [0.2, 0.25) is 0 Å². The number of aromatic hydroxyl groups is 1. The number of terminal acetylenes is 1. The number of para-hydroxylation sites is 2. The molecule has 1 amide bonds. The van der Waals surface area contributed by atoms with Crippen molar-refractivity contribution in [3.8, 4) is 18.1 Å². The number of phenols is 1. The molecule has 0 aliphatic heterocycles. The van der Waals surface area contributed by atoms with E-state index in [1.54, 1.807) is 42.5 Å². The minimum absolute atomic E-state index is 0.0297. The van der Waals surface area contributed by atoms with Crippen molar-refractivity contribution in [3.63, 3.8) is 0 Å². The highest BCUT2D eigenvalue weighted by Crippen LogP contribution is 2.27. The molecule has 3 heteroatoms. The third-order valence-corrected chi connectivity index (χ3v) is 2.69. The van der Waals surface area contributed by atoms with Crippen molar-refractivity contribution in [1.82, 2.24) is 0 Å². The summed E-state index contributed by atoms with van der Waals surface area (Å²) in [7, 11) is 0. The number of anilines is 1. The van der Waals surface area contributed by atoms with Crippen LogP contribution < -0.4 is 4.90 Å². The fraction of sp³-hybridized carbons (Fsp3) is 0.0625. The summed E-state index contributed by atoms with van der Waals surface area (Å²) in [6.07, 6.45) is 5.31. The van der Waals surface area contributed by atoms with E-state index in [9.17, 15) is 9.90 Å². The lowest BCUT2D eigenvalue weighted by Crippen LogP contribution is -2.31. The number of benzene rings is 2. The van der Waals surface area contributed by atoms with Gasteiger partial charge in [-0.05, 0) is 24.3 Å². The molecular weight excluding hydrogens is 238 g/mol. The van der Waals surface area contributed by atoms with Crippen molar-refractivity contribution in [2.75, 3.05) is 11.4 Å². The number of amides is 1. The van der Waals surface area contributed by atoms with Crippen molar-refractivity contribution in [2.24, 2.45) is 0 Å². The molecule has 0 unspecified atom stereocenters.